The molecule has 1 aromatic rings. The standard InChI is InChI=1S/C17H23F4NO4/c1-11(2)14-5-4-13(18)10-15(14)25-9-8-24-7-6-22-16(23)26-12(3)17(19,20)21/h4-5,10-12H,6-9H2,1-3H3,(H,22,23). The lowest BCUT2D eigenvalue weighted by Crippen LogP contribution is -2.36. The molecule has 5 nitrogen and oxygen atoms in total. The third kappa shape index (κ3) is 7.90. The van der Waals surface area contributed by atoms with Gasteiger partial charge in [0.15, 0.2) is 6.10 Å². The molecule has 1 unspecified atom stereocenters. The molecule has 0 saturated carbocycles. The number of rotatable bonds is 9. The second-order valence-corrected chi connectivity index (χ2v) is 5.81. The number of carbonyl (C=O) groups is 1. The lowest BCUT2D eigenvalue weighted by Gasteiger charge is -2.16. The number of alkyl halides is 3. The summed E-state index contributed by atoms with van der Waals surface area (Å²) in [6.07, 6.45) is -7.95. The fourth-order valence-corrected chi connectivity index (χ4v) is 1.92. The van der Waals surface area contributed by atoms with Gasteiger partial charge >= 0.3 is 12.3 Å². The van der Waals surface area contributed by atoms with Crippen LogP contribution in [-0.2, 0) is 9.47 Å². The van der Waals surface area contributed by atoms with E-state index < -0.39 is 24.2 Å². The van der Waals surface area contributed by atoms with E-state index >= 15 is 0 Å². The molecule has 0 aliphatic heterocycles. The summed E-state index contributed by atoms with van der Waals surface area (Å²) in [7, 11) is 0. The van der Waals surface area contributed by atoms with E-state index in [1.54, 1.807) is 6.07 Å². The molecule has 0 aliphatic carbocycles. The summed E-state index contributed by atoms with van der Waals surface area (Å²) in [5, 5.41) is 2.15. The molecule has 1 N–H and O–H groups in total. The molecule has 0 bridgehead atoms. The molecule has 1 aromatic carbocycles. The lowest BCUT2D eigenvalue weighted by atomic mass is 10.0. The second kappa shape index (κ2) is 10.2. The third-order valence-corrected chi connectivity index (χ3v) is 3.34. The Morgan fingerprint density at radius 3 is 2.46 bits per heavy atom. The van der Waals surface area contributed by atoms with Gasteiger partial charge in [0.05, 0.1) is 13.2 Å². The fraction of sp³-hybridized carbons (Fsp3) is 0.588. The van der Waals surface area contributed by atoms with Crippen LogP contribution in [0.4, 0.5) is 22.4 Å². The number of hydrogen-bond acceptors (Lipinski definition) is 4. The van der Waals surface area contributed by atoms with Crippen LogP contribution in [0.2, 0.25) is 0 Å². The largest absolute Gasteiger partial charge is 0.491 e. The normalized spacial score (nSPS) is 12.8. The molecule has 148 valence electrons. The van der Waals surface area contributed by atoms with Crippen molar-refractivity contribution in [2.45, 2.75) is 39.0 Å². The molecule has 0 spiro atoms. The first-order chi connectivity index (χ1) is 12.1. The van der Waals surface area contributed by atoms with Gasteiger partial charge in [-0.1, -0.05) is 19.9 Å². The average molecular weight is 381 g/mol. The SMILES string of the molecule is CC(C)c1ccc(F)cc1OCCOCCNC(=O)OC(C)C(F)(F)F. The van der Waals surface area contributed by atoms with Gasteiger partial charge in [0.25, 0.3) is 0 Å². The van der Waals surface area contributed by atoms with Crippen LogP contribution >= 0.6 is 0 Å². The van der Waals surface area contributed by atoms with Crippen LogP contribution < -0.4 is 10.1 Å². The molecule has 1 rings (SSSR count). The Morgan fingerprint density at radius 2 is 1.85 bits per heavy atom. The van der Waals surface area contributed by atoms with Crippen LogP contribution in [0.25, 0.3) is 0 Å². The van der Waals surface area contributed by atoms with Gasteiger partial charge < -0.3 is 19.5 Å². The van der Waals surface area contributed by atoms with Crippen molar-refractivity contribution in [1.29, 1.82) is 0 Å². The molecule has 0 aliphatic rings. The number of hydrogen-bond donors (Lipinski definition) is 1. The van der Waals surface area contributed by atoms with Crippen molar-refractivity contribution >= 4 is 6.09 Å². The number of amides is 1. The quantitative estimate of drug-likeness (QED) is 0.519. The number of carbonyl (C=O) groups excluding carboxylic acids is 1. The molecular weight excluding hydrogens is 358 g/mol. The maximum absolute atomic E-state index is 13.3. The molecule has 0 fully saturated rings. The van der Waals surface area contributed by atoms with E-state index in [9.17, 15) is 22.4 Å². The van der Waals surface area contributed by atoms with Crippen molar-refractivity contribution in [2.24, 2.45) is 0 Å². The summed E-state index contributed by atoms with van der Waals surface area (Å²) in [6.45, 7) is 5.05. The van der Waals surface area contributed by atoms with E-state index in [0.29, 0.717) is 5.75 Å². The maximum atomic E-state index is 13.3. The maximum Gasteiger partial charge on any atom is 0.425 e. The Balaban J connectivity index is 2.20. The van der Waals surface area contributed by atoms with Crippen LogP contribution in [0.5, 0.6) is 5.75 Å². The van der Waals surface area contributed by atoms with Crippen molar-refractivity contribution in [3.8, 4) is 5.75 Å². The Bertz CT molecular complexity index is 578. The minimum absolute atomic E-state index is 0.0133. The van der Waals surface area contributed by atoms with Crippen molar-refractivity contribution < 1.29 is 36.6 Å². The van der Waals surface area contributed by atoms with Gasteiger partial charge in [-0.25, -0.2) is 9.18 Å². The Hall–Kier alpha value is -2.03. The van der Waals surface area contributed by atoms with Crippen LogP contribution in [-0.4, -0.2) is 44.7 Å². The fourth-order valence-electron chi connectivity index (χ4n) is 1.92. The zero-order valence-corrected chi connectivity index (χ0v) is 14.9. The molecule has 26 heavy (non-hydrogen) atoms. The van der Waals surface area contributed by atoms with Crippen molar-refractivity contribution in [3.05, 3.63) is 29.6 Å². The van der Waals surface area contributed by atoms with E-state index in [2.05, 4.69) is 10.1 Å². The van der Waals surface area contributed by atoms with E-state index in [-0.39, 0.29) is 32.3 Å². The Labute approximate surface area is 149 Å². The van der Waals surface area contributed by atoms with Gasteiger partial charge in [-0.3, -0.25) is 0 Å². The van der Waals surface area contributed by atoms with Gasteiger partial charge in [0.1, 0.15) is 18.2 Å². The summed E-state index contributed by atoms with van der Waals surface area (Å²) >= 11 is 0. The van der Waals surface area contributed by atoms with Gasteiger partial charge in [-0.2, -0.15) is 13.2 Å². The van der Waals surface area contributed by atoms with Crippen LogP contribution in [0.1, 0.15) is 32.3 Å². The number of halogens is 4. The number of ether oxygens (including phenoxy) is 3. The summed E-state index contributed by atoms with van der Waals surface area (Å²) in [4.78, 5) is 11.2. The smallest absolute Gasteiger partial charge is 0.425 e. The molecule has 0 saturated heterocycles. The van der Waals surface area contributed by atoms with Crippen molar-refractivity contribution in [2.75, 3.05) is 26.4 Å². The summed E-state index contributed by atoms with van der Waals surface area (Å²) in [6, 6.07) is 4.32. The van der Waals surface area contributed by atoms with Gasteiger partial charge in [-0.05, 0) is 24.5 Å². The molecule has 1 atom stereocenters. The van der Waals surface area contributed by atoms with Gasteiger partial charge in [0, 0.05) is 12.6 Å². The minimum atomic E-state index is -4.60. The highest BCUT2D eigenvalue weighted by Crippen LogP contribution is 2.27. The van der Waals surface area contributed by atoms with Crippen LogP contribution in [0, 0.1) is 5.82 Å². The predicted molar refractivity (Wildman–Crippen MR) is 86.8 cm³/mol. The summed E-state index contributed by atoms with van der Waals surface area (Å²) in [5.74, 6) is 0.202. The zero-order chi connectivity index (χ0) is 19.7. The summed E-state index contributed by atoms with van der Waals surface area (Å²) in [5.41, 5.74) is 0.870. The minimum Gasteiger partial charge on any atom is -0.491 e. The first-order valence-electron chi connectivity index (χ1n) is 8.12. The van der Waals surface area contributed by atoms with Crippen molar-refractivity contribution in [1.82, 2.24) is 5.32 Å². The predicted octanol–water partition coefficient (Wildman–Crippen LogP) is 4.02. The molecule has 0 aromatic heterocycles. The molecular formula is C17H23F4NO4. The van der Waals surface area contributed by atoms with E-state index in [4.69, 9.17) is 9.47 Å². The summed E-state index contributed by atoms with van der Waals surface area (Å²) < 4.78 is 64.8. The highest BCUT2D eigenvalue weighted by Gasteiger charge is 2.39. The molecule has 0 heterocycles. The highest BCUT2D eigenvalue weighted by atomic mass is 19.4. The molecule has 9 heteroatoms. The third-order valence-electron chi connectivity index (χ3n) is 3.34. The Kier molecular flexibility index (Phi) is 8.64. The van der Waals surface area contributed by atoms with Crippen LogP contribution in [0.3, 0.4) is 0 Å². The Morgan fingerprint density at radius 1 is 1.15 bits per heavy atom. The van der Waals surface area contributed by atoms with Gasteiger partial charge in [-0.15, -0.1) is 0 Å². The van der Waals surface area contributed by atoms with Gasteiger partial charge in [0.2, 0.25) is 0 Å². The number of benzene rings is 1. The molecule has 1 amide bonds. The highest BCUT2D eigenvalue weighted by molar-refractivity contribution is 5.67. The topological polar surface area (TPSA) is 56.8 Å². The lowest BCUT2D eigenvalue weighted by molar-refractivity contribution is -0.197. The monoisotopic (exact) mass is 381 g/mol. The average Bonchev–Trinajstić information content (AvgIpc) is 2.52. The number of alkyl carbamates (subject to hydrolysis) is 1. The second-order valence-electron chi connectivity index (χ2n) is 5.81. The van der Waals surface area contributed by atoms with E-state index in [0.717, 1.165) is 12.5 Å². The van der Waals surface area contributed by atoms with E-state index in [1.165, 1.54) is 12.1 Å². The first-order valence-corrected chi connectivity index (χ1v) is 8.12. The van der Waals surface area contributed by atoms with Crippen LogP contribution in [0.15, 0.2) is 18.2 Å². The van der Waals surface area contributed by atoms with Crippen molar-refractivity contribution in [3.63, 3.8) is 0 Å². The first kappa shape index (κ1) is 22.0. The zero-order valence-electron chi connectivity index (χ0n) is 14.9. The number of nitrogens with one attached hydrogen (secondary N) is 1. The molecule has 0 radical (unpaired) electrons. The van der Waals surface area contributed by atoms with E-state index in [1.807, 2.05) is 13.8 Å².